The van der Waals surface area contributed by atoms with Crippen LogP contribution >= 0.6 is 0 Å². The quantitative estimate of drug-likeness (QED) is 0.0436. The molecule has 2 aliphatic carbocycles. The molecule has 110 heavy (non-hydrogen) atoms. The minimum Gasteiger partial charge on any atom is -0.494 e. The average Bonchev–Trinajstić information content (AvgIpc) is 1.57. The molecule has 0 spiro atoms. The maximum Gasteiger partial charge on any atom is 0.416 e. The number of aryl methyl sites for hydroxylation is 3. The number of ether oxygens (including phenoxy) is 1. The van der Waals surface area contributed by atoms with Gasteiger partial charge >= 0.3 is 24.7 Å². The van der Waals surface area contributed by atoms with Crippen LogP contribution in [0.15, 0.2) is 231 Å². The van der Waals surface area contributed by atoms with E-state index in [1.165, 1.54) is 31.4 Å². The maximum absolute atomic E-state index is 13.9. The maximum atomic E-state index is 13.9. The Labute approximate surface area is 625 Å². The molecule has 0 radical (unpaired) electrons. The van der Waals surface area contributed by atoms with Gasteiger partial charge in [0.15, 0.2) is 0 Å². The second kappa shape index (κ2) is 31.7. The average molecular weight is 1520 g/mol. The van der Waals surface area contributed by atoms with E-state index < -0.39 is 83.4 Å². The van der Waals surface area contributed by atoms with Crippen LogP contribution in [0.3, 0.4) is 0 Å². The number of rotatable bonds is 20. The van der Waals surface area contributed by atoms with Crippen molar-refractivity contribution in [2.24, 2.45) is 0 Å². The number of halogens is 12. The van der Waals surface area contributed by atoms with Crippen molar-refractivity contribution in [2.45, 2.75) is 103 Å². The van der Waals surface area contributed by atoms with Crippen LogP contribution in [0, 0.1) is 6.92 Å². The van der Waals surface area contributed by atoms with Crippen molar-refractivity contribution in [1.82, 2.24) is 29.7 Å². The fourth-order valence-electron chi connectivity index (χ4n) is 14.8. The fraction of sp³-hybridized carbons (Fsp3) is 0.224. The van der Waals surface area contributed by atoms with Gasteiger partial charge < -0.3 is 35.1 Å². The molecule has 0 bridgehead atoms. The first-order valence-electron chi connectivity index (χ1n) is 34.3. The van der Waals surface area contributed by atoms with E-state index in [0.717, 1.165) is 52.0 Å². The summed E-state index contributed by atoms with van der Waals surface area (Å²) < 4.78 is 168. The molecule has 0 saturated carbocycles. The lowest BCUT2D eigenvalue weighted by Gasteiger charge is -2.31. The van der Waals surface area contributed by atoms with E-state index in [0.29, 0.717) is 116 Å². The zero-order valence-corrected chi connectivity index (χ0v) is 57.7. The van der Waals surface area contributed by atoms with Crippen LogP contribution in [-0.4, -0.2) is 75.3 Å². The number of nitrogens with one attached hydrogen (secondary N) is 4. The standard InChI is InChI=1S/C43H36F6N4O3.C40H30F6N4O2.2CH4/c1-26-51-37-35(21-22-36(56-2)38(37)52-39(54)32-14-4-3-11-29(32)27-17-19-28(20-18-27)43(47,48)49)53(26)24-10-9-23-41(40(55)50-25-42(44,45)46)33-15-7-5-12-30(33)31-13-6-8-16-34(31)41;41-39(42,43)23-47-37(52)38(32-12-5-3-9-29(32)30-10-4-6-13-33(30)38)20-7-21-50-24-48-34-22-27(18-19-35(34)50)49-36(51)31-11-2-1-8-28(31)25-14-16-26(17-15-25)40(44,45)46;;/h3-8,11-22H,9-10,23-25H2,1-2H3,(H,50,55)(H,52,54);1-6,8-19,22,24H,7,20-21,23H2,(H,47,52)(H,49,51);2*1H4. The molecule has 0 unspecified atom stereocenters. The smallest absolute Gasteiger partial charge is 0.416 e. The molecule has 13 nitrogen and oxygen atoms in total. The fourth-order valence-corrected chi connectivity index (χ4v) is 14.8. The van der Waals surface area contributed by atoms with Crippen molar-refractivity contribution in [1.29, 1.82) is 0 Å². The largest absolute Gasteiger partial charge is 0.494 e. The number of amides is 4. The summed E-state index contributed by atoms with van der Waals surface area (Å²) in [5.74, 6) is -1.43. The molecule has 568 valence electrons. The topological polar surface area (TPSA) is 161 Å². The lowest BCUT2D eigenvalue weighted by atomic mass is 9.73. The Kier molecular flexibility index (Phi) is 22.7. The van der Waals surface area contributed by atoms with Crippen LogP contribution in [0.4, 0.5) is 64.1 Å². The number of anilines is 2. The van der Waals surface area contributed by atoms with E-state index in [9.17, 15) is 71.9 Å². The van der Waals surface area contributed by atoms with Crippen molar-refractivity contribution in [2.75, 3.05) is 30.8 Å². The molecule has 14 rings (SSSR count). The predicted octanol–water partition coefficient (Wildman–Crippen LogP) is 20.8. The molecule has 25 heteroatoms. The van der Waals surface area contributed by atoms with Crippen LogP contribution < -0.4 is 26.0 Å². The number of hydrogen-bond acceptors (Lipinski definition) is 7. The van der Waals surface area contributed by atoms with E-state index in [-0.39, 0.29) is 38.8 Å². The Morgan fingerprint density at radius 2 is 0.864 bits per heavy atom. The van der Waals surface area contributed by atoms with Crippen molar-refractivity contribution < 1.29 is 76.6 Å². The Hall–Kier alpha value is -12.0. The van der Waals surface area contributed by atoms with Gasteiger partial charge in [0.2, 0.25) is 11.8 Å². The molecule has 0 saturated heterocycles. The number of carbonyl (C=O) groups excluding carboxylic acids is 4. The van der Waals surface area contributed by atoms with Gasteiger partial charge in [-0.2, -0.15) is 52.7 Å². The molecule has 2 aliphatic rings. The normalized spacial score (nSPS) is 13.1. The van der Waals surface area contributed by atoms with Gasteiger partial charge in [0.25, 0.3) is 11.8 Å². The summed E-state index contributed by atoms with van der Waals surface area (Å²) in [6, 6.07) is 60.3. The van der Waals surface area contributed by atoms with E-state index in [4.69, 9.17) is 9.72 Å². The number of imidazole rings is 2. The summed E-state index contributed by atoms with van der Waals surface area (Å²) in [7, 11) is 1.46. The van der Waals surface area contributed by atoms with E-state index in [1.54, 1.807) is 128 Å². The number of methoxy groups -OCH3 is 1. The summed E-state index contributed by atoms with van der Waals surface area (Å²) >= 11 is 0. The third-order valence-corrected chi connectivity index (χ3v) is 19.7. The molecule has 0 fully saturated rings. The summed E-state index contributed by atoms with van der Waals surface area (Å²) in [6.07, 6.45) is -14.6. The summed E-state index contributed by atoms with van der Waals surface area (Å²) in [5.41, 5.74) is 7.14. The molecular formula is C85H74F12N8O5. The van der Waals surface area contributed by atoms with Gasteiger partial charge in [0.1, 0.15) is 46.7 Å². The first-order chi connectivity index (χ1) is 51.6. The van der Waals surface area contributed by atoms with Crippen molar-refractivity contribution in [3.8, 4) is 50.3 Å². The number of benzene rings is 10. The van der Waals surface area contributed by atoms with Gasteiger partial charge in [-0.15, -0.1) is 0 Å². The highest BCUT2D eigenvalue weighted by Gasteiger charge is 2.51. The summed E-state index contributed by atoms with van der Waals surface area (Å²) in [6.45, 7) is -0.220. The van der Waals surface area contributed by atoms with Crippen LogP contribution in [-0.2, 0) is 45.9 Å². The highest BCUT2D eigenvalue weighted by atomic mass is 19.4. The molecule has 10 aromatic carbocycles. The molecule has 2 heterocycles. The highest BCUT2D eigenvalue weighted by molar-refractivity contribution is 6.13. The van der Waals surface area contributed by atoms with Gasteiger partial charge in [-0.1, -0.05) is 173 Å². The minimum absolute atomic E-state index is 0. The first kappa shape index (κ1) is 79.0. The van der Waals surface area contributed by atoms with E-state index in [2.05, 4.69) is 26.3 Å². The monoisotopic (exact) mass is 1510 g/mol. The van der Waals surface area contributed by atoms with E-state index in [1.807, 2.05) is 70.7 Å². The zero-order chi connectivity index (χ0) is 76.5. The predicted molar refractivity (Wildman–Crippen MR) is 400 cm³/mol. The van der Waals surface area contributed by atoms with Gasteiger partial charge in [-0.25, -0.2) is 9.97 Å². The lowest BCUT2D eigenvalue weighted by molar-refractivity contribution is -0.141. The molecule has 4 amide bonds. The Morgan fingerprint density at radius 3 is 1.30 bits per heavy atom. The number of hydrogen-bond donors (Lipinski definition) is 4. The number of aromatic nitrogens is 4. The van der Waals surface area contributed by atoms with Crippen molar-refractivity contribution in [3.63, 3.8) is 0 Å². The molecule has 2 aromatic heterocycles. The molecule has 0 atom stereocenters. The van der Waals surface area contributed by atoms with E-state index >= 15 is 0 Å². The Balaban J connectivity index is 0.000000215. The summed E-state index contributed by atoms with van der Waals surface area (Å²) in [5, 5.41) is 10.1. The molecule has 0 aliphatic heterocycles. The number of nitrogens with zero attached hydrogens (tertiary/aromatic N) is 4. The van der Waals surface area contributed by atoms with Crippen LogP contribution in [0.2, 0.25) is 0 Å². The van der Waals surface area contributed by atoms with Crippen LogP contribution in [0.1, 0.15) is 107 Å². The second-order valence-corrected chi connectivity index (χ2v) is 26.3. The Bertz CT molecular complexity index is 5300. The minimum atomic E-state index is -4.58. The number of carbonyl (C=O) groups is 4. The van der Waals surface area contributed by atoms with Crippen LogP contribution in [0.5, 0.6) is 5.75 Å². The van der Waals surface area contributed by atoms with Gasteiger partial charge in [0, 0.05) is 29.9 Å². The van der Waals surface area contributed by atoms with Gasteiger partial charge in [-0.05, 0) is 173 Å². The third kappa shape index (κ3) is 15.8. The second-order valence-electron chi connectivity index (χ2n) is 26.3. The summed E-state index contributed by atoms with van der Waals surface area (Å²) in [4.78, 5) is 64.3. The number of alkyl halides is 12. The molecule has 4 N–H and O–H groups in total. The van der Waals surface area contributed by atoms with Crippen molar-refractivity contribution >= 4 is 57.1 Å². The van der Waals surface area contributed by atoms with Crippen LogP contribution in [0.25, 0.3) is 66.6 Å². The van der Waals surface area contributed by atoms with Gasteiger partial charge in [0.05, 0.1) is 41.1 Å². The third-order valence-electron chi connectivity index (χ3n) is 19.7. The number of fused-ring (bicyclic) bond motifs is 8. The molecular weight excluding hydrogens is 1440 g/mol. The highest BCUT2D eigenvalue weighted by Crippen LogP contribution is 2.54. The SMILES string of the molecule is C.C.COc1ccc2c(nc(C)n2CCCCC2(C(=O)NCC(F)(F)F)c3ccccc3-c3ccccc32)c1NC(=O)c1ccccc1-c1ccc(C(F)(F)F)cc1.O=C(Nc1ccc2c(c1)ncn2CCCC1(C(=O)NCC(F)(F)F)c2ccccc2-c2ccccc21)c1ccccc1-c1ccc(C(F)(F)F)cc1. The molecule has 12 aromatic rings. The first-order valence-corrected chi connectivity index (χ1v) is 34.3. The van der Waals surface area contributed by atoms with Crippen molar-refractivity contribution in [3.05, 3.63) is 281 Å². The number of unbranched alkanes of at least 4 members (excludes halogenated alkanes) is 1. The Morgan fingerprint density at radius 1 is 0.455 bits per heavy atom. The zero-order valence-electron chi connectivity index (χ0n) is 57.7. The lowest BCUT2D eigenvalue weighted by Crippen LogP contribution is -2.47. The van der Waals surface area contributed by atoms with Gasteiger partial charge in [-0.3, -0.25) is 19.2 Å².